The second kappa shape index (κ2) is 13.0. The van der Waals surface area contributed by atoms with E-state index < -0.39 is 0 Å². The molecule has 3 rings (SSSR count). The zero-order valence-corrected chi connectivity index (χ0v) is 19.3. The van der Waals surface area contributed by atoms with E-state index in [4.69, 9.17) is 0 Å². The molecule has 1 N–H and O–H groups in total. The van der Waals surface area contributed by atoms with Crippen LogP contribution in [0.15, 0.2) is 104 Å². The molecule has 0 unspecified atom stereocenters. The Kier molecular flexibility index (Phi) is 9.74. The maximum Gasteiger partial charge on any atom is 0.0629 e. The van der Waals surface area contributed by atoms with E-state index in [1.54, 1.807) is 0 Å². The minimum absolute atomic E-state index is 0.0648. The predicted octanol–water partition coefficient (Wildman–Crippen LogP) is 7.34. The van der Waals surface area contributed by atoms with Crippen LogP contribution in [0.1, 0.15) is 67.8 Å². The lowest BCUT2D eigenvalue weighted by atomic mass is 9.89. The van der Waals surface area contributed by atoms with Crippen LogP contribution in [0.4, 0.5) is 0 Å². The van der Waals surface area contributed by atoms with Crippen molar-refractivity contribution in [2.24, 2.45) is 0 Å². The molecule has 168 valence electrons. The molecule has 3 aromatic rings. The highest BCUT2D eigenvalue weighted by Crippen LogP contribution is 2.39. The van der Waals surface area contributed by atoms with Crippen molar-refractivity contribution in [3.8, 4) is 0 Å². The second-order valence-corrected chi connectivity index (χ2v) is 8.44. The van der Waals surface area contributed by atoms with E-state index in [9.17, 15) is 5.11 Å². The first-order valence-electron chi connectivity index (χ1n) is 11.9. The van der Waals surface area contributed by atoms with Crippen LogP contribution in [0.5, 0.6) is 0 Å². The molecule has 0 saturated carbocycles. The number of hydrogen-bond donors (Lipinski definition) is 1. The maximum absolute atomic E-state index is 10.7. The summed E-state index contributed by atoms with van der Waals surface area (Å²) in [6, 6.07) is 32.3. The first-order valence-corrected chi connectivity index (χ1v) is 11.9. The molecule has 0 amide bonds. The van der Waals surface area contributed by atoms with E-state index in [0.29, 0.717) is 6.04 Å². The van der Waals surface area contributed by atoms with Gasteiger partial charge in [-0.2, -0.15) is 0 Å². The van der Waals surface area contributed by atoms with E-state index in [2.05, 4.69) is 103 Å². The third-order valence-electron chi connectivity index (χ3n) is 6.24. The fourth-order valence-corrected chi connectivity index (χ4v) is 4.77. The summed E-state index contributed by atoms with van der Waals surface area (Å²) in [4.78, 5) is 2.59. The van der Waals surface area contributed by atoms with Crippen molar-refractivity contribution >= 4 is 0 Å². The number of benzene rings is 3. The Bertz CT molecular complexity index is 854. The van der Waals surface area contributed by atoms with Crippen molar-refractivity contribution < 1.29 is 5.11 Å². The lowest BCUT2D eigenvalue weighted by Gasteiger charge is -2.44. The van der Waals surface area contributed by atoms with E-state index >= 15 is 0 Å². The number of allylic oxidation sites excluding steroid dienone is 1. The fourth-order valence-electron chi connectivity index (χ4n) is 4.77. The molecule has 3 aromatic carbocycles. The molecular formula is C30H37NO. The molecule has 2 atom stereocenters. The quantitative estimate of drug-likeness (QED) is 0.228. The zero-order chi connectivity index (χ0) is 22.6. The van der Waals surface area contributed by atoms with Crippen LogP contribution in [0.3, 0.4) is 0 Å². The van der Waals surface area contributed by atoms with Crippen LogP contribution in [-0.2, 0) is 0 Å². The monoisotopic (exact) mass is 427 g/mol. The average molecular weight is 428 g/mol. The van der Waals surface area contributed by atoms with Gasteiger partial charge in [0, 0.05) is 6.04 Å². The molecular weight excluding hydrogens is 390 g/mol. The predicted molar refractivity (Wildman–Crippen MR) is 136 cm³/mol. The van der Waals surface area contributed by atoms with E-state index in [1.807, 2.05) is 12.1 Å². The molecule has 0 saturated heterocycles. The van der Waals surface area contributed by atoms with Crippen molar-refractivity contribution in [1.29, 1.82) is 0 Å². The summed E-state index contributed by atoms with van der Waals surface area (Å²) >= 11 is 0. The topological polar surface area (TPSA) is 23.5 Å². The summed E-state index contributed by atoms with van der Waals surface area (Å²) in [6.45, 7) is 6.27. The van der Waals surface area contributed by atoms with Gasteiger partial charge < -0.3 is 5.11 Å². The number of unbranched alkanes of at least 4 members (excludes halogenated alkanes) is 1. The summed E-state index contributed by atoms with van der Waals surface area (Å²) in [6.07, 6.45) is 7.42. The van der Waals surface area contributed by atoms with Crippen LogP contribution >= 0.6 is 0 Å². The summed E-state index contributed by atoms with van der Waals surface area (Å²) in [5.41, 5.74) is 3.69. The Labute approximate surface area is 194 Å². The number of hydrogen-bond acceptors (Lipinski definition) is 2. The standard InChI is InChI=1S/C30H37NO/c1-3-5-9-23-28(16-4-2)31(29(24-32)25-17-10-6-11-18-25)30(26-19-12-7-13-20-26)27-21-14-8-15-22-27/h3,6-8,10-15,17-22,28-30,32H,1,4-5,9,16,23-24H2,2H3/t28-,29+/m1/s1. The van der Waals surface area contributed by atoms with Gasteiger partial charge in [-0.25, -0.2) is 0 Å². The molecule has 0 heterocycles. The Morgan fingerprint density at radius 1 is 0.781 bits per heavy atom. The van der Waals surface area contributed by atoms with Gasteiger partial charge in [0.25, 0.3) is 0 Å². The van der Waals surface area contributed by atoms with Crippen LogP contribution < -0.4 is 0 Å². The van der Waals surface area contributed by atoms with Gasteiger partial charge >= 0.3 is 0 Å². The van der Waals surface area contributed by atoms with Crippen molar-refractivity contribution in [1.82, 2.24) is 4.90 Å². The molecule has 0 fully saturated rings. The summed E-state index contributed by atoms with van der Waals surface area (Å²) in [5, 5.41) is 10.7. The zero-order valence-electron chi connectivity index (χ0n) is 19.3. The first-order chi connectivity index (χ1) is 15.8. The smallest absolute Gasteiger partial charge is 0.0629 e. The maximum atomic E-state index is 10.7. The Morgan fingerprint density at radius 2 is 1.28 bits per heavy atom. The van der Waals surface area contributed by atoms with Crippen LogP contribution in [0.25, 0.3) is 0 Å². The lowest BCUT2D eigenvalue weighted by Crippen LogP contribution is -2.43. The number of aliphatic hydroxyl groups excluding tert-OH is 1. The molecule has 0 aliphatic carbocycles. The number of nitrogens with zero attached hydrogens (tertiary/aromatic N) is 1. The summed E-state index contributed by atoms with van der Waals surface area (Å²) in [5.74, 6) is 0. The Morgan fingerprint density at radius 3 is 1.72 bits per heavy atom. The third kappa shape index (κ3) is 6.18. The molecule has 2 heteroatoms. The van der Waals surface area contributed by atoms with Crippen molar-refractivity contribution in [3.63, 3.8) is 0 Å². The molecule has 0 aliphatic heterocycles. The largest absolute Gasteiger partial charge is 0.394 e. The fraction of sp³-hybridized carbons (Fsp3) is 0.333. The molecule has 2 nitrogen and oxygen atoms in total. The highest BCUT2D eigenvalue weighted by Gasteiger charge is 2.34. The van der Waals surface area contributed by atoms with Gasteiger partial charge in [-0.1, -0.05) is 110 Å². The van der Waals surface area contributed by atoms with Crippen molar-refractivity contribution in [3.05, 3.63) is 120 Å². The highest BCUT2D eigenvalue weighted by molar-refractivity contribution is 5.33. The third-order valence-corrected chi connectivity index (χ3v) is 6.24. The van der Waals surface area contributed by atoms with Gasteiger partial charge in [-0.05, 0) is 42.4 Å². The lowest BCUT2D eigenvalue weighted by molar-refractivity contribution is 0.0452. The van der Waals surface area contributed by atoms with Gasteiger partial charge in [0.1, 0.15) is 0 Å². The molecule has 0 aromatic heterocycles. The van der Waals surface area contributed by atoms with Crippen LogP contribution in [0, 0.1) is 0 Å². The molecule has 32 heavy (non-hydrogen) atoms. The number of aliphatic hydroxyl groups is 1. The van der Waals surface area contributed by atoms with Crippen LogP contribution in [0.2, 0.25) is 0 Å². The summed E-state index contributed by atoms with van der Waals surface area (Å²) in [7, 11) is 0. The minimum Gasteiger partial charge on any atom is -0.394 e. The first kappa shape index (κ1) is 24.0. The van der Waals surface area contributed by atoms with Crippen molar-refractivity contribution in [2.75, 3.05) is 6.61 Å². The molecule has 0 bridgehead atoms. The minimum atomic E-state index is -0.0816. The molecule has 0 radical (unpaired) electrons. The SMILES string of the molecule is C=CCCC[C@@H](CCC)N(C(c1ccccc1)c1ccccc1)[C@@H](CO)c1ccccc1. The van der Waals surface area contributed by atoms with Gasteiger partial charge in [0.15, 0.2) is 0 Å². The highest BCUT2D eigenvalue weighted by atomic mass is 16.3. The van der Waals surface area contributed by atoms with E-state index in [0.717, 1.165) is 37.7 Å². The van der Waals surface area contributed by atoms with E-state index in [1.165, 1.54) is 11.1 Å². The van der Waals surface area contributed by atoms with Gasteiger partial charge in [0.05, 0.1) is 18.7 Å². The normalized spacial score (nSPS) is 13.2. The van der Waals surface area contributed by atoms with Crippen molar-refractivity contribution in [2.45, 2.75) is 57.2 Å². The average Bonchev–Trinajstić information content (AvgIpc) is 2.85. The van der Waals surface area contributed by atoms with Crippen LogP contribution in [-0.4, -0.2) is 22.7 Å². The van der Waals surface area contributed by atoms with Gasteiger partial charge in [0.2, 0.25) is 0 Å². The molecule has 0 aliphatic rings. The Hall–Kier alpha value is -2.68. The summed E-state index contributed by atoms with van der Waals surface area (Å²) < 4.78 is 0. The second-order valence-electron chi connectivity index (χ2n) is 8.44. The van der Waals surface area contributed by atoms with E-state index in [-0.39, 0.29) is 18.7 Å². The number of rotatable bonds is 13. The van der Waals surface area contributed by atoms with Gasteiger partial charge in [-0.3, -0.25) is 4.90 Å². The van der Waals surface area contributed by atoms with Gasteiger partial charge in [-0.15, -0.1) is 6.58 Å². The molecule has 0 spiro atoms. The Balaban J connectivity index is 2.15.